The summed E-state index contributed by atoms with van der Waals surface area (Å²) in [6.07, 6.45) is 2.10. The fourth-order valence-electron chi connectivity index (χ4n) is 2.31. The van der Waals surface area contributed by atoms with Gasteiger partial charge in [0.25, 0.3) is 11.8 Å². The summed E-state index contributed by atoms with van der Waals surface area (Å²) in [5.74, 6) is -0.630. The molecule has 0 bridgehead atoms. The van der Waals surface area contributed by atoms with E-state index in [0.717, 1.165) is 0 Å². The number of furan rings is 1. The third-order valence-electron chi connectivity index (χ3n) is 3.70. The summed E-state index contributed by atoms with van der Waals surface area (Å²) in [7, 11) is 1.55. The molecule has 8 nitrogen and oxygen atoms in total. The predicted molar refractivity (Wildman–Crippen MR) is 105 cm³/mol. The molecular formula is C19H22ClN3O5. The summed E-state index contributed by atoms with van der Waals surface area (Å²) in [6, 6.07) is 7.86. The normalized spacial score (nSPS) is 10.4. The minimum absolute atomic E-state index is 0.218. The highest BCUT2D eigenvalue weighted by Gasteiger charge is 2.12. The van der Waals surface area contributed by atoms with Crippen molar-refractivity contribution in [2.75, 3.05) is 32.1 Å². The van der Waals surface area contributed by atoms with Gasteiger partial charge >= 0.3 is 0 Å². The summed E-state index contributed by atoms with van der Waals surface area (Å²) in [6.45, 7) is 1.12. The van der Waals surface area contributed by atoms with Gasteiger partial charge in [-0.05, 0) is 36.8 Å². The van der Waals surface area contributed by atoms with E-state index in [1.54, 1.807) is 31.4 Å². The highest BCUT2D eigenvalue weighted by Crippen LogP contribution is 2.21. The molecule has 1 aromatic carbocycles. The van der Waals surface area contributed by atoms with E-state index in [4.69, 9.17) is 20.8 Å². The van der Waals surface area contributed by atoms with Crippen LogP contribution in [-0.2, 0) is 9.53 Å². The molecule has 9 heteroatoms. The summed E-state index contributed by atoms with van der Waals surface area (Å²) < 4.78 is 9.85. The Kier molecular flexibility index (Phi) is 8.51. The van der Waals surface area contributed by atoms with Crippen LogP contribution in [0.2, 0.25) is 5.02 Å². The van der Waals surface area contributed by atoms with Crippen LogP contribution in [0.1, 0.15) is 33.8 Å². The monoisotopic (exact) mass is 407 g/mol. The average molecular weight is 408 g/mol. The van der Waals surface area contributed by atoms with Gasteiger partial charge in [-0.1, -0.05) is 11.6 Å². The lowest BCUT2D eigenvalue weighted by molar-refractivity contribution is -0.116. The third kappa shape index (κ3) is 6.71. The number of nitrogens with one attached hydrogen (secondary N) is 3. The van der Waals surface area contributed by atoms with Crippen LogP contribution < -0.4 is 16.0 Å². The van der Waals surface area contributed by atoms with E-state index >= 15 is 0 Å². The predicted octanol–water partition coefficient (Wildman–Crippen LogP) is 2.46. The molecule has 0 unspecified atom stereocenters. The van der Waals surface area contributed by atoms with Crippen LogP contribution in [-0.4, -0.2) is 44.5 Å². The van der Waals surface area contributed by atoms with Gasteiger partial charge in [-0.25, -0.2) is 0 Å². The van der Waals surface area contributed by atoms with Crippen LogP contribution in [0.4, 0.5) is 5.69 Å². The molecule has 28 heavy (non-hydrogen) atoms. The Bertz CT molecular complexity index is 808. The van der Waals surface area contributed by atoms with Crippen molar-refractivity contribution in [3.63, 3.8) is 0 Å². The Balaban J connectivity index is 1.75. The van der Waals surface area contributed by atoms with Gasteiger partial charge in [-0.2, -0.15) is 0 Å². The van der Waals surface area contributed by atoms with E-state index < -0.39 is 0 Å². The van der Waals surface area contributed by atoms with E-state index in [1.807, 2.05) is 0 Å². The highest BCUT2D eigenvalue weighted by atomic mass is 35.5. The van der Waals surface area contributed by atoms with E-state index in [0.29, 0.717) is 37.4 Å². The molecule has 1 aromatic heterocycles. The minimum Gasteiger partial charge on any atom is -0.459 e. The van der Waals surface area contributed by atoms with Gasteiger partial charge in [0, 0.05) is 32.3 Å². The standard InChI is InChI=1S/C19H22ClN3O5/c1-27-11-9-22-18(25)14-7-6-13(12-15(14)20)23-17(24)5-2-8-21-19(26)16-4-3-10-28-16/h3-4,6-7,10,12H,2,5,8-9,11H2,1H3,(H,21,26)(H,22,25)(H,23,24). The first kappa shape index (κ1) is 21.5. The number of carbonyl (C=O) groups excluding carboxylic acids is 3. The fraction of sp³-hybridized carbons (Fsp3) is 0.316. The van der Waals surface area contributed by atoms with Gasteiger partial charge in [-0.15, -0.1) is 0 Å². The lowest BCUT2D eigenvalue weighted by Gasteiger charge is -2.09. The van der Waals surface area contributed by atoms with Crippen molar-refractivity contribution < 1.29 is 23.5 Å². The molecule has 0 saturated heterocycles. The van der Waals surface area contributed by atoms with E-state index in [1.165, 1.54) is 12.3 Å². The Hall–Kier alpha value is -2.84. The van der Waals surface area contributed by atoms with Crippen molar-refractivity contribution >= 4 is 35.0 Å². The highest BCUT2D eigenvalue weighted by molar-refractivity contribution is 6.34. The zero-order valence-corrected chi connectivity index (χ0v) is 16.2. The maximum atomic E-state index is 12.0. The summed E-state index contributed by atoms with van der Waals surface area (Å²) in [4.78, 5) is 35.7. The van der Waals surface area contributed by atoms with Crippen LogP contribution in [0, 0.1) is 0 Å². The van der Waals surface area contributed by atoms with Gasteiger partial charge < -0.3 is 25.1 Å². The maximum Gasteiger partial charge on any atom is 0.286 e. The van der Waals surface area contributed by atoms with Crippen molar-refractivity contribution in [1.29, 1.82) is 0 Å². The summed E-state index contributed by atoms with van der Waals surface area (Å²) >= 11 is 6.13. The average Bonchev–Trinajstić information content (AvgIpc) is 3.20. The maximum absolute atomic E-state index is 12.0. The van der Waals surface area contributed by atoms with Gasteiger partial charge in [0.15, 0.2) is 5.76 Å². The van der Waals surface area contributed by atoms with Crippen molar-refractivity contribution in [3.05, 3.63) is 52.9 Å². The molecule has 1 heterocycles. The smallest absolute Gasteiger partial charge is 0.286 e. The third-order valence-corrected chi connectivity index (χ3v) is 4.01. The quantitative estimate of drug-likeness (QED) is 0.524. The minimum atomic E-state index is -0.323. The number of rotatable bonds is 10. The van der Waals surface area contributed by atoms with E-state index in [-0.39, 0.29) is 34.9 Å². The molecule has 0 aliphatic rings. The van der Waals surface area contributed by atoms with Gasteiger partial charge in [0.05, 0.1) is 23.5 Å². The second-order valence-corrected chi connectivity index (χ2v) is 6.24. The van der Waals surface area contributed by atoms with Crippen LogP contribution >= 0.6 is 11.6 Å². The number of halogens is 1. The first-order chi connectivity index (χ1) is 13.5. The number of hydrogen-bond donors (Lipinski definition) is 3. The van der Waals surface area contributed by atoms with Gasteiger partial charge in [-0.3, -0.25) is 14.4 Å². The van der Waals surface area contributed by atoms with Gasteiger partial charge in [0.1, 0.15) is 0 Å². The molecule has 150 valence electrons. The Labute approximate surface area is 167 Å². The topological polar surface area (TPSA) is 110 Å². The molecule has 3 N–H and O–H groups in total. The second kappa shape index (κ2) is 11.1. The van der Waals surface area contributed by atoms with Crippen LogP contribution in [0.3, 0.4) is 0 Å². The number of ether oxygens (including phenoxy) is 1. The molecule has 2 rings (SSSR count). The first-order valence-corrected chi connectivity index (χ1v) is 9.07. The zero-order chi connectivity index (χ0) is 20.4. The lowest BCUT2D eigenvalue weighted by atomic mass is 10.2. The summed E-state index contributed by atoms with van der Waals surface area (Å²) in [5.41, 5.74) is 0.805. The molecule has 3 amide bonds. The molecular weight excluding hydrogens is 386 g/mol. The number of methoxy groups -OCH3 is 1. The Morgan fingerprint density at radius 2 is 1.89 bits per heavy atom. The van der Waals surface area contributed by atoms with Crippen LogP contribution in [0.5, 0.6) is 0 Å². The SMILES string of the molecule is COCCNC(=O)c1ccc(NC(=O)CCCNC(=O)c2ccco2)cc1Cl. The van der Waals surface area contributed by atoms with E-state index in [2.05, 4.69) is 16.0 Å². The number of anilines is 1. The number of carbonyl (C=O) groups is 3. The largest absolute Gasteiger partial charge is 0.459 e. The molecule has 0 spiro atoms. The first-order valence-electron chi connectivity index (χ1n) is 8.69. The number of hydrogen-bond acceptors (Lipinski definition) is 5. The number of benzene rings is 1. The van der Waals surface area contributed by atoms with Crippen molar-refractivity contribution in [2.24, 2.45) is 0 Å². The zero-order valence-electron chi connectivity index (χ0n) is 15.4. The lowest BCUT2D eigenvalue weighted by Crippen LogP contribution is -2.27. The van der Waals surface area contributed by atoms with Gasteiger partial charge in [0.2, 0.25) is 5.91 Å². The molecule has 0 aliphatic heterocycles. The molecule has 0 radical (unpaired) electrons. The number of amides is 3. The van der Waals surface area contributed by atoms with Crippen molar-refractivity contribution in [3.8, 4) is 0 Å². The molecule has 0 fully saturated rings. The van der Waals surface area contributed by atoms with Crippen molar-refractivity contribution in [2.45, 2.75) is 12.8 Å². The Morgan fingerprint density at radius 1 is 1.11 bits per heavy atom. The molecule has 0 atom stereocenters. The summed E-state index contributed by atoms with van der Waals surface area (Å²) in [5, 5.41) is 8.29. The molecule has 0 aliphatic carbocycles. The fourth-order valence-corrected chi connectivity index (χ4v) is 2.57. The van der Waals surface area contributed by atoms with Crippen LogP contribution in [0.25, 0.3) is 0 Å². The molecule has 0 saturated carbocycles. The molecule has 2 aromatic rings. The Morgan fingerprint density at radius 3 is 2.57 bits per heavy atom. The second-order valence-electron chi connectivity index (χ2n) is 5.83. The van der Waals surface area contributed by atoms with Crippen molar-refractivity contribution in [1.82, 2.24) is 10.6 Å². The van der Waals surface area contributed by atoms with Crippen LogP contribution in [0.15, 0.2) is 41.0 Å². The van der Waals surface area contributed by atoms with E-state index in [9.17, 15) is 14.4 Å².